The molecular formula is C15H22O3. The minimum absolute atomic E-state index is 0.201. The van der Waals surface area contributed by atoms with E-state index < -0.39 is 0 Å². The van der Waals surface area contributed by atoms with Crippen molar-refractivity contribution in [1.29, 1.82) is 0 Å². The van der Waals surface area contributed by atoms with E-state index in [0.717, 1.165) is 30.4 Å². The van der Waals surface area contributed by atoms with Crippen molar-refractivity contribution in [1.82, 2.24) is 0 Å². The lowest BCUT2D eigenvalue weighted by molar-refractivity contribution is 0.302. The molecule has 2 N–H and O–H groups in total. The van der Waals surface area contributed by atoms with Gasteiger partial charge in [-0.2, -0.15) is 0 Å². The van der Waals surface area contributed by atoms with E-state index in [1.54, 1.807) is 7.11 Å². The number of unbranched alkanes of at least 4 members (excludes halogenated alkanes) is 1. The van der Waals surface area contributed by atoms with Gasteiger partial charge >= 0.3 is 0 Å². The standard InChI is InChI=1S/C15H22O3/c1-12-10-13(15(17)14(11-12)18-2)8-6-4-3-5-7-9-16/h3,5,10-11,16-17H,4,6-9H2,1-2H3/b5-3-. The van der Waals surface area contributed by atoms with Crippen molar-refractivity contribution >= 4 is 0 Å². The number of allylic oxidation sites excluding steroid dienone is 1. The average Bonchev–Trinajstić information content (AvgIpc) is 2.37. The maximum absolute atomic E-state index is 9.98. The molecule has 0 spiro atoms. The van der Waals surface area contributed by atoms with Crippen molar-refractivity contribution in [2.75, 3.05) is 13.7 Å². The van der Waals surface area contributed by atoms with Gasteiger partial charge in [0.15, 0.2) is 11.5 Å². The van der Waals surface area contributed by atoms with Gasteiger partial charge < -0.3 is 14.9 Å². The van der Waals surface area contributed by atoms with Crippen molar-refractivity contribution in [3.8, 4) is 11.5 Å². The molecule has 0 fully saturated rings. The highest BCUT2D eigenvalue weighted by atomic mass is 16.5. The topological polar surface area (TPSA) is 49.7 Å². The first-order chi connectivity index (χ1) is 8.69. The summed E-state index contributed by atoms with van der Waals surface area (Å²) < 4.78 is 5.13. The Hall–Kier alpha value is -1.48. The maximum Gasteiger partial charge on any atom is 0.161 e. The van der Waals surface area contributed by atoms with E-state index in [0.29, 0.717) is 12.2 Å². The molecule has 0 saturated heterocycles. The molecule has 1 rings (SSSR count). The summed E-state index contributed by atoms with van der Waals surface area (Å²) in [6.07, 6.45) is 7.52. The van der Waals surface area contributed by atoms with Gasteiger partial charge in [0, 0.05) is 6.61 Å². The Labute approximate surface area is 109 Å². The molecule has 0 aliphatic heterocycles. The number of phenolic OH excluding ortho intramolecular Hbond substituents is 1. The molecule has 18 heavy (non-hydrogen) atoms. The van der Waals surface area contributed by atoms with Crippen LogP contribution in [0.25, 0.3) is 0 Å². The average molecular weight is 250 g/mol. The van der Waals surface area contributed by atoms with Crippen molar-refractivity contribution in [3.63, 3.8) is 0 Å². The molecule has 0 heterocycles. The molecule has 0 atom stereocenters. The van der Waals surface area contributed by atoms with Gasteiger partial charge in [-0.15, -0.1) is 0 Å². The second kappa shape index (κ2) is 7.77. The number of ether oxygens (including phenoxy) is 1. The third-order valence-corrected chi connectivity index (χ3v) is 2.80. The Balaban J connectivity index is 2.54. The first-order valence-electron chi connectivity index (χ1n) is 6.31. The van der Waals surface area contributed by atoms with E-state index in [4.69, 9.17) is 9.84 Å². The zero-order chi connectivity index (χ0) is 13.4. The third-order valence-electron chi connectivity index (χ3n) is 2.80. The molecule has 0 unspecified atom stereocenters. The van der Waals surface area contributed by atoms with Crippen LogP contribution in [0.5, 0.6) is 11.5 Å². The van der Waals surface area contributed by atoms with E-state index in [2.05, 4.69) is 6.08 Å². The van der Waals surface area contributed by atoms with Crippen LogP contribution >= 0.6 is 0 Å². The lowest BCUT2D eigenvalue weighted by atomic mass is 10.0. The van der Waals surface area contributed by atoms with Gasteiger partial charge in [-0.1, -0.05) is 18.2 Å². The van der Waals surface area contributed by atoms with Crippen LogP contribution in [0.4, 0.5) is 0 Å². The molecule has 0 radical (unpaired) electrons. The number of aliphatic hydroxyl groups excluding tert-OH is 1. The number of hydrogen-bond acceptors (Lipinski definition) is 3. The molecule has 0 saturated carbocycles. The van der Waals surface area contributed by atoms with Gasteiger partial charge in [0.2, 0.25) is 0 Å². The van der Waals surface area contributed by atoms with Gasteiger partial charge in [-0.05, 0) is 49.8 Å². The molecule has 1 aromatic carbocycles. The summed E-state index contributed by atoms with van der Waals surface area (Å²) in [5, 5.41) is 18.6. The highest BCUT2D eigenvalue weighted by Crippen LogP contribution is 2.32. The molecule has 0 aliphatic rings. The normalized spacial score (nSPS) is 11.1. The predicted octanol–water partition coefficient (Wildman–Crippen LogP) is 2.97. The van der Waals surface area contributed by atoms with E-state index in [-0.39, 0.29) is 12.4 Å². The van der Waals surface area contributed by atoms with Crippen molar-refractivity contribution in [3.05, 3.63) is 35.4 Å². The summed E-state index contributed by atoms with van der Waals surface area (Å²) in [7, 11) is 1.57. The maximum atomic E-state index is 9.98. The van der Waals surface area contributed by atoms with Crippen LogP contribution in [0.3, 0.4) is 0 Å². The number of methoxy groups -OCH3 is 1. The van der Waals surface area contributed by atoms with E-state index in [1.165, 1.54) is 0 Å². The smallest absolute Gasteiger partial charge is 0.161 e. The molecule has 3 nitrogen and oxygen atoms in total. The highest BCUT2D eigenvalue weighted by molar-refractivity contribution is 5.48. The second-order valence-electron chi connectivity index (χ2n) is 4.35. The molecule has 0 amide bonds. The van der Waals surface area contributed by atoms with Gasteiger partial charge in [0.05, 0.1) is 7.11 Å². The number of aliphatic hydroxyl groups is 1. The van der Waals surface area contributed by atoms with Crippen molar-refractivity contribution in [2.24, 2.45) is 0 Å². The zero-order valence-corrected chi connectivity index (χ0v) is 11.1. The van der Waals surface area contributed by atoms with Crippen LogP contribution in [0.1, 0.15) is 30.4 Å². The molecular weight excluding hydrogens is 228 g/mol. The summed E-state index contributed by atoms with van der Waals surface area (Å²) >= 11 is 0. The number of hydrogen-bond donors (Lipinski definition) is 2. The zero-order valence-electron chi connectivity index (χ0n) is 11.1. The summed E-state index contributed by atoms with van der Waals surface area (Å²) in [5.74, 6) is 0.795. The van der Waals surface area contributed by atoms with Crippen LogP contribution in [0.2, 0.25) is 0 Å². The molecule has 0 bridgehead atoms. The van der Waals surface area contributed by atoms with Crippen molar-refractivity contribution < 1.29 is 14.9 Å². The minimum Gasteiger partial charge on any atom is -0.504 e. The quantitative estimate of drug-likeness (QED) is 0.578. The van der Waals surface area contributed by atoms with E-state index in [9.17, 15) is 5.11 Å². The SMILES string of the molecule is COc1cc(C)cc(CCC/C=C\CCO)c1O. The van der Waals surface area contributed by atoms with Gasteiger partial charge in [0.25, 0.3) is 0 Å². The molecule has 0 aliphatic carbocycles. The number of phenols is 1. The van der Waals surface area contributed by atoms with Crippen LogP contribution in [-0.2, 0) is 6.42 Å². The Morgan fingerprint density at radius 1 is 1.22 bits per heavy atom. The van der Waals surface area contributed by atoms with Crippen LogP contribution < -0.4 is 4.74 Å². The lowest BCUT2D eigenvalue weighted by Gasteiger charge is -2.10. The number of rotatable bonds is 7. The fourth-order valence-corrected chi connectivity index (χ4v) is 1.89. The molecule has 3 heteroatoms. The summed E-state index contributed by atoms with van der Waals surface area (Å²) in [6.45, 7) is 2.19. The summed E-state index contributed by atoms with van der Waals surface area (Å²) in [5.41, 5.74) is 2.03. The minimum atomic E-state index is 0.201. The first-order valence-corrected chi connectivity index (χ1v) is 6.31. The number of aromatic hydroxyl groups is 1. The predicted molar refractivity (Wildman–Crippen MR) is 73.2 cm³/mol. The Morgan fingerprint density at radius 3 is 2.61 bits per heavy atom. The van der Waals surface area contributed by atoms with Gasteiger partial charge in [-0.25, -0.2) is 0 Å². The first kappa shape index (κ1) is 14.6. The second-order valence-corrected chi connectivity index (χ2v) is 4.35. The monoisotopic (exact) mass is 250 g/mol. The van der Waals surface area contributed by atoms with Crippen LogP contribution in [0.15, 0.2) is 24.3 Å². The fourth-order valence-electron chi connectivity index (χ4n) is 1.89. The molecule has 1 aromatic rings. The molecule has 100 valence electrons. The van der Waals surface area contributed by atoms with Crippen LogP contribution in [-0.4, -0.2) is 23.9 Å². The Bertz CT molecular complexity index is 397. The fraction of sp³-hybridized carbons (Fsp3) is 0.467. The Kier molecular flexibility index (Phi) is 6.29. The summed E-state index contributed by atoms with van der Waals surface area (Å²) in [4.78, 5) is 0. The van der Waals surface area contributed by atoms with Gasteiger partial charge in [0.1, 0.15) is 0 Å². The largest absolute Gasteiger partial charge is 0.504 e. The third kappa shape index (κ3) is 4.41. The number of benzene rings is 1. The number of aryl methyl sites for hydroxylation is 2. The van der Waals surface area contributed by atoms with E-state index in [1.807, 2.05) is 25.1 Å². The molecule has 0 aromatic heterocycles. The lowest BCUT2D eigenvalue weighted by Crippen LogP contribution is -1.92. The Morgan fingerprint density at radius 2 is 1.94 bits per heavy atom. The summed E-state index contributed by atoms with van der Waals surface area (Å²) in [6, 6.07) is 3.83. The van der Waals surface area contributed by atoms with Gasteiger partial charge in [-0.3, -0.25) is 0 Å². The van der Waals surface area contributed by atoms with E-state index >= 15 is 0 Å². The highest BCUT2D eigenvalue weighted by Gasteiger charge is 2.08. The van der Waals surface area contributed by atoms with Crippen molar-refractivity contribution in [2.45, 2.75) is 32.6 Å². The van der Waals surface area contributed by atoms with Crippen LogP contribution in [0, 0.1) is 6.92 Å².